The van der Waals surface area contributed by atoms with E-state index in [1.54, 1.807) is 7.11 Å². The summed E-state index contributed by atoms with van der Waals surface area (Å²) in [5.41, 5.74) is 0.874. The summed E-state index contributed by atoms with van der Waals surface area (Å²) in [5.74, 6) is 0.347. The van der Waals surface area contributed by atoms with E-state index in [0.29, 0.717) is 18.6 Å². The van der Waals surface area contributed by atoms with Gasteiger partial charge in [-0.15, -0.1) is 0 Å². The van der Waals surface area contributed by atoms with Crippen LogP contribution in [0.4, 0.5) is 0 Å². The predicted octanol–water partition coefficient (Wildman–Crippen LogP) is 3.43. The number of hydrogen-bond acceptors (Lipinski definition) is 2. The van der Waals surface area contributed by atoms with Crippen molar-refractivity contribution in [2.75, 3.05) is 7.11 Å². The van der Waals surface area contributed by atoms with Crippen molar-refractivity contribution in [3.8, 4) is 0 Å². The van der Waals surface area contributed by atoms with Gasteiger partial charge in [0, 0.05) is 24.4 Å². The third-order valence-electron chi connectivity index (χ3n) is 3.37. The van der Waals surface area contributed by atoms with E-state index in [-0.39, 0.29) is 5.60 Å². The first-order valence-corrected chi connectivity index (χ1v) is 6.29. The average Bonchev–Trinajstić information content (AvgIpc) is 2.32. The Morgan fingerprint density at radius 2 is 1.88 bits per heavy atom. The first-order valence-electron chi connectivity index (χ1n) is 5.50. The molecule has 0 amide bonds. The van der Waals surface area contributed by atoms with E-state index in [4.69, 9.17) is 4.74 Å². The molecule has 0 aliphatic heterocycles. The van der Waals surface area contributed by atoms with Crippen LogP contribution in [0.1, 0.15) is 31.2 Å². The molecule has 0 spiro atoms. The fraction of sp³-hybridized carbons (Fsp3) is 0.462. The highest BCUT2D eigenvalue weighted by molar-refractivity contribution is 9.10. The van der Waals surface area contributed by atoms with Crippen molar-refractivity contribution in [3.05, 3.63) is 34.3 Å². The zero-order valence-corrected chi connectivity index (χ0v) is 10.9. The lowest BCUT2D eigenvalue weighted by Crippen LogP contribution is -2.34. The van der Waals surface area contributed by atoms with Crippen molar-refractivity contribution >= 4 is 21.7 Å². The number of carbonyl (C=O) groups is 1. The summed E-state index contributed by atoms with van der Waals surface area (Å²) in [6.07, 6.45) is 2.81. The van der Waals surface area contributed by atoms with E-state index in [1.165, 1.54) is 0 Å². The third kappa shape index (κ3) is 2.06. The third-order valence-corrected chi connectivity index (χ3v) is 4.06. The minimum absolute atomic E-state index is 0.284. The lowest BCUT2D eigenvalue weighted by atomic mass is 9.79. The van der Waals surface area contributed by atoms with E-state index in [0.717, 1.165) is 22.9 Å². The number of rotatable bonds is 2. The maximum Gasteiger partial charge on any atom is 0.133 e. The minimum Gasteiger partial charge on any atom is -0.373 e. The number of halogens is 1. The van der Waals surface area contributed by atoms with Gasteiger partial charge in [-0.1, -0.05) is 34.1 Å². The molecule has 1 aliphatic carbocycles. The highest BCUT2D eigenvalue weighted by atomic mass is 79.9. The lowest BCUT2D eigenvalue weighted by Gasteiger charge is -2.36. The van der Waals surface area contributed by atoms with Crippen LogP contribution in [0.25, 0.3) is 0 Å². The summed E-state index contributed by atoms with van der Waals surface area (Å²) in [7, 11) is 1.73. The molecule has 1 aromatic rings. The Kier molecular flexibility index (Phi) is 3.45. The smallest absolute Gasteiger partial charge is 0.133 e. The van der Waals surface area contributed by atoms with Gasteiger partial charge in [-0.05, 0) is 24.5 Å². The lowest BCUT2D eigenvalue weighted by molar-refractivity contribution is -0.127. The van der Waals surface area contributed by atoms with Crippen LogP contribution < -0.4 is 0 Å². The van der Waals surface area contributed by atoms with Gasteiger partial charge in [-0.2, -0.15) is 0 Å². The van der Waals surface area contributed by atoms with Crippen LogP contribution in [0.3, 0.4) is 0 Å². The molecule has 0 unspecified atom stereocenters. The number of benzene rings is 1. The summed E-state index contributed by atoms with van der Waals surface area (Å²) in [6, 6.07) is 8.10. The van der Waals surface area contributed by atoms with E-state index >= 15 is 0 Å². The van der Waals surface area contributed by atoms with Gasteiger partial charge in [0.25, 0.3) is 0 Å². The first kappa shape index (κ1) is 11.8. The Balaban J connectivity index is 2.35. The topological polar surface area (TPSA) is 26.3 Å². The first-order chi connectivity index (χ1) is 7.68. The molecule has 86 valence electrons. The molecule has 0 heterocycles. The number of Topliss-reactive ketones (excluding diaryl/α,β-unsaturated/α-hetero) is 1. The summed E-state index contributed by atoms with van der Waals surface area (Å²) in [4.78, 5) is 11.3. The fourth-order valence-corrected chi connectivity index (χ4v) is 2.99. The van der Waals surface area contributed by atoms with Crippen molar-refractivity contribution < 1.29 is 9.53 Å². The highest BCUT2D eigenvalue weighted by Crippen LogP contribution is 2.41. The zero-order valence-electron chi connectivity index (χ0n) is 9.33. The molecule has 0 bridgehead atoms. The summed E-state index contributed by atoms with van der Waals surface area (Å²) in [6.45, 7) is 0. The Bertz CT molecular complexity index is 391. The van der Waals surface area contributed by atoms with Crippen LogP contribution in [-0.2, 0) is 15.1 Å². The van der Waals surface area contributed by atoms with Crippen molar-refractivity contribution in [2.45, 2.75) is 31.3 Å². The second-order valence-electron chi connectivity index (χ2n) is 4.22. The molecule has 0 saturated heterocycles. The monoisotopic (exact) mass is 282 g/mol. The molecule has 1 aromatic carbocycles. The van der Waals surface area contributed by atoms with Gasteiger partial charge < -0.3 is 4.74 Å². The molecule has 0 atom stereocenters. The zero-order chi connectivity index (χ0) is 11.6. The molecule has 16 heavy (non-hydrogen) atoms. The summed E-state index contributed by atoms with van der Waals surface area (Å²) < 4.78 is 6.77. The second-order valence-corrected chi connectivity index (χ2v) is 5.07. The molecule has 0 N–H and O–H groups in total. The van der Waals surface area contributed by atoms with E-state index in [2.05, 4.69) is 22.0 Å². The predicted molar refractivity (Wildman–Crippen MR) is 66.3 cm³/mol. The molecule has 2 nitrogen and oxygen atoms in total. The maximum absolute atomic E-state index is 11.3. The number of carbonyl (C=O) groups excluding carboxylic acids is 1. The van der Waals surface area contributed by atoms with E-state index < -0.39 is 0 Å². The molecular weight excluding hydrogens is 268 g/mol. The van der Waals surface area contributed by atoms with Gasteiger partial charge in [0.1, 0.15) is 5.78 Å². The van der Waals surface area contributed by atoms with Crippen molar-refractivity contribution in [1.29, 1.82) is 0 Å². The van der Waals surface area contributed by atoms with Gasteiger partial charge in [-0.3, -0.25) is 4.79 Å². The van der Waals surface area contributed by atoms with Gasteiger partial charge in [0.2, 0.25) is 0 Å². The van der Waals surface area contributed by atoms with Crippen molar-refractivity contribution in [1.82, 2.24) is 0 Å². The van der Waals surface area contributed by atoms with Gasteiger partial charge in [0.15, 0.2) is 0 Å². The molecule has 1 fully saturated rings. The van der Waals surface area contributed by atoms with Crippen molar-refractivity contribution in [3.63, 3.8) is 0 Å². The Morgan fingerprint density at radius 3 is 2.44 bits per heavy atom. The molecule has 1 aliphatic rings. The van der Waals surface area contributed by atoms with Gasteiger partial charge >= 0.3 is 0 Å². The van der Waals surface area contributed by atoms with Crippen LogP contribution in [0.2, 0.25) is 0 Å². The number of hydrogen-bond donors (Lipinski definition) is 0. The quantitative estimate of drug-likeness (QED) is 0.831. The van der Waals surface area contributed by atoms with Crippen molar-refractivity contribution in [2.24, 2.45) is 0 Å². The summed E-state index contributed by atoms with van der Waals surface area (Å²) >= 11 is 3.56. The minimum atomic E-state index is -0.284. The SMILES string of the molecule is COC1(c2ccccc2Br)CCC(=O)CC1. The van der Waals surface area contributed by atoms with Crippen LogP contribution >= 0.6 is 15.9 Å². The molecular formula is C13H15BrO2. The van der Waals surface area contributed by atoms with Gasteiger partial charge in [-0.25, -0.2) is 0 Å². The molecule has 3 heteroatoms. The number of ketones is 1. The number of methoxy groups -OCH3 is 1. The Labute approximate surface area is 104 Å². The fourth-order valence-electron chi connectivity index (χ4n) is 2.35. The molecule has 0 aromatic heterocycles. The second kappa shape index (κ2) is 4.68. The van der Waals surface area contributed by atoms with Crippen LogP contribution in [0.15, 0.2) is 28.7 Å². The standard InChI is InChI=1S/C13H15BrO2/c1-16-13(8-6-10(15)7-9-13)11-4-2-3-5-12(11)14/h2-5H,6-9H2,1H3. The molecule has 0 radical (unpaired) electrons. The molecule has 1 saturated carbocycles. The largest absolute Gasteiger partial charge is 0.373 e. The van der Waals surface area contributed by atoms with E-state index in [1.807, 2.05) is 18.2 Å². The number of ether oxygens (including phenoxy) is 1. The average molecular weight is 283 g/mol. The van der Waals surface area contributed by atoms with Crippen LogP contribution in [-0.4, -0.2) is 12.9 Å². The summed E-state index contributed by atoms with van der Waals surface area (Å²) in [5, 5.41) is 0. The normalized spacial score (nSPS) is 19.8. The van der Waals surface area contributed by atoms with Crippen LogP contribution in [0.5, 0.6) is 0 Å². The van der Waals surface area contributed by atoms with E-state index in [9.17, 15) is 4.79 Å². The Hall–Kier alpha value is -0.670. The Morgan fingerprint density at radius 1 is 1.25 bits per heavy atom. The van der Waals surface area contributed by atoms with Crippen LogP contribution in [0, 0.1) is 0 Å². The maximum atomic E-state index is 11.3. The van der Waals surface area contributed by atoms with Gasteiger partial charge in [0.05, 0.1) is 5.60 Å². The molecule has 2 rings (SSSR count). The highest BCUT2D eigenvalue weighted by Gasteiger charge is 2.37.